The topological polar surface area (TPSA) is 69.9 Å². The molecule has 10 heteroatoms. The van der Waals surface area contributed by atoms with Crippen LogP contribution in [0.25, 0.3) is 0 Å². The van der Waals surface area contributed by atoms with E-state index in [1.165, 1.54) is 24.3 Å². The molecule has 0 atom stereocenters. The smallest absolute Gasteiger partial charge is 0.387 e. The van der Waals surface area contributed by atoms with Crippen molar-refractivity contribution in [2.45, 2.75) is 20.1 Å². The molecule has 0 spiro atoms. The molecule has 1 amide bonds. The summed E-state index contributed by atoms with van der Waals surface area (Å²) in [5.74, 6) is 0.366. The molecule has 3 rings (SSSR count). The van der Waals surface area contributed by atoms with Gasteiger partial charge < -0.3 is 23.9 Å². The fourth-order valence-electron chi connectivity index (χ4n) is 2.56. The van der Waals surface area contributed by atoms with Crippen molar-refractivity contribution >= 4 is 39.1 Å². The third-order valence-corrected chi connectivity index (χ3v) is 4.66. The minimum atomic E-state index is -2.99. The summed E-state index contributed by atoms with van der Waals surface area (Å²) < 4.78 is 46.7. The third-order valence-electron chi connectivity index (χ3n) is 3.87. The number of carbonyl (C=O) groups excluding carboxylic acids is 1. The zero-order valence-electron chi connectivity index (χ0n) is 16.2. The van der Waals surface area contributed by atoms with Crippen molar-refractivity contribution < 1.29 is 32.2 Å². The van der Waals surface area contributed by atoms with Gasteiger partial charge in [-0.05, 0) is 49.4 Å². The second-order valence-corrected chi connectivity index (χ2v) is 7.38. The summed E-state index contributed by atoms with van der Waals surface area (Å²) in [6, 6.07) is 12.4. The highest BCUT2D eigenvalue weighted by molar-refractivity contribution is 9.10. The molecule has 1 heterocycles. The second-order valence-electron chi connectivity index (χ2n) is 6.06. The molecule has 0 saturated heterocycles. The predicted octanol–water partition coefficient (Wildman–Crippen LogP) is 6.53. The Morgan fingerprint density at radius 3 is 2.58 bits per heavy atom. The molecule has 0 radical (unpaired) electrons. The maximum atomic E-state index is 12.5. The fourth-order valence-corrected chi connectivity index (χ4v) is 3.29. The molecule has 0 unspecified atom stereocenters. The number of nitrogens with one attached hydrogen (secondary N) is 1. The molecule has 0 aliphatic rings. The van der Waals surface area contributed by atoms with Gasteiger partial charge in [-0.1, -0.05) is 27.5 Å². The number of hydrogen-bond acceptors (Lipinski definition) is 5. The number of hydrogen-bond donors (Lipinski definition) is 1. The van der Waals surface area contributed by atoms with Crippen LogP contribution in [0.3, 0.4) is 0 Å². The van der Waals surface area contributed by atoms with Gasteiger partial charge in [-0.2, -0.15) is 8.78 Å². The first-order chi connectivity index (χ1) is 14.9. The molecular formula is C21H17BrClF2NO5. The molecule has 164 valence electrons. The lowest BCUT2D eigenvalue weighted by molar-refractivity contribution is -0.0514. The summed E-state index contributed by atoms with van der Waals surface area (Å²) >= 11 is 9.42. The molecule has 0 fully saturated rings. The molecule has 0 aliphatic heterocycles. The Bertz CT molecular complexity index is 1060. The highest BCUT2D eigenvalue weighted by atomic mass is 79.9. The van der Waals surface area contributed by atoms with Crippen molar-refractivity contribution in [2.24, 2.45) is 0 Å². The quantitative estimate of drug-likeness (QED) is 0.350. The van der Waals surface area contributed by atoms with E-state index in [2.05, 4.69) is 26.0 Å². The molecule has 6 nitrogen and oxygen atoms in total. The number of carbonyl (C=O) groups is 1. The van der Waals surface area contributed by atoms with Gasteiger partial charge in [0.15, 0.2) is 17.3 Å². The molecule has 1 aromatic heterocycles. The number of ether oxygens (including phenoxy) is 3. The minimum absolute atomic E-state index is 0.0476. The van der Waals surface area contributed by atoms with E-state index in [0.29, 0.717) is 22.2 Å². The average Bonchev–Trinajstić information content (AvgIpc) is 3.18. The van der Waals surface area contributed by atoms with Crippen LogP contribution in [-0.4, -0.2) is 19.1 Å². The maximum Gasteiger partial charge on any atom is 0.387 e. The Morgan fingerprint density at radius 2 is 1.87 bits per heavy atom. The lowest BCUT2D eigenvalue weighted by Crippen LogP contribution is -2.11. The van der Waals surface area contributed by atoms with E-state index >= 15 is 0 Å². The van der Waals surface area contributed by atoms with Gasteiger partial charge in [-0.25, -0.2) is 0 Å². The number of rotatable bonds is 9. The van der Waals surface area contributed by atoms with E-state index in [1.807, 2.05) is 0 Å². The van der Waals surface area contributed by atoms with Crippen LogP contribution in [0.1, 0.15) is 23.2 Å². The van der Waals surface area contributed by atoms with Crippen LogP contribution in [0, 0.1) is 0 Å². The van der Waals surface area contributed by atoms with E-state index in [9.17, 15) is 13.6 Å². The molecule has 0 bridgehead atoms. The van der Waals surface area contributed by atoms with Crippen LogP contribution in [0.4, 0.5) is 14.5 Å². The summed E-state index contributed by atoms with van der Waals surface area (Å²) in [6.45, 7) is -0.981. The first kappa shape index (κ1) is 22.9. The third kappa shape index (κ3) is 6.35. The monoisotopic (exact) mass is 515 g/mol. The van der Waals surface area contributed by atoms with Crippen molar-refractivity contribution in [2.75, 3.05) is 11.9 Å². The summed E-state index contributed by atoms with van der Waals surface area (Å²) in [5.41, 5.74) is 0.325. The van der Waals surface area contributed by atoms with E-state index < -0.39 is 12.5 Å². The SMILES string of the molecule is CCOc1cc(NC(=O)c2ccc(COc3ccc(Br)cc3Cl)o2)ccc1OC(F)F. The van der Waals surface area contributed by atoms with Gasteiger partial charge in [0.2, 0.25) is 0 Å². The fraction of sp³-hybridized carbons (Fsp3) is 0.190. The van der Waals surface area contributed by atoms with Gasteiger partial charge in [-0.3, -0.25) is 4.79 Å². The summed E-state index contributed by atoms with van der Waals surface area (Å²) in [5, 5.41) is 3.05. The van der Waals surface area contributed by atoms with Crippen molar-refractivity contribution in [1.82, 2.24) is 0 Å². The molecule has 0 saturated carbocycles. The van der Waals surface area contributed by atoms with Gasteiger partial charge in [0.1, 0.15) is 18.1 Å². The first-order valence-electron chi connectivity index (χ1n) is 9.05. The van der Waals surface area contributed by atoms with Crippen LogP contribution in [0.2, 0.25) is 5.02 Å². The Labute approximate surface area is 190 Å². The van der Waals surface area contributed by atoms with Crippen molar-refractivity contribution in [1.29, 1.82) is 0 Å². The van der Waals surface area contributed by atoms with Crippen LogP contribution >= 0.6 is 27.5 Å². The van der Waals surface area contributed by atoms with Crippen molar-refractivity contribution in [3.63, 3.8) is 0 Å². The van der Waals surface area contributed by atoms with Crippen LogP contribution in [0.15, 0.2) is 57.4 Å². The predicted molar refractivity (Wildman–Crippen MR) is 114 cm³/mol. The molecule has 3 aromatic rings. The van der Waals surface area contributed by atoms with Crippen LogP contribution in [0.5, 0.6) is 17.2 Å². The average molecular weight is 517 g/mol. The van der Waals surface area contributed by atoms with Crippen LogP contribution < -0.4 is 19.5 Å². The lowest BCUT2D eigenvalue weighted by atomic mass is 10.2. The molecule has 1 N–H and O–H groups in total. The Hall–Kier alpha value is -2.78. The van der Waals surface area contributed by atoms with Gasteiger partial charge in [-0.15, -0.1) is 0 Å². The van der Waals surface area contributed by atoms with Crippen molar-refractivity contribution in [3.05, 3.63) is 69.5 Å². The Morgan fingerprint density at radius 1 is 1.10 bits per heavy atom. The van der Waals surface area contributed by atoms with E-state index in [1.54, 1.807) is 31.2 Å². The van der Waals surface area contributed by atoms with E-state index in [0.717, 1.165) is 4.47 Å². The number of halogens is 4. The van der Waals surface area contributed by atoms with E-state index in [-0.39, 0.29) is 30.5 Å². The van der Waals surface area contributed by atoms with Crippen LogP contribution in [-0.2, 0) is 6.61 Å². The highest BCUT2D eigenvalue weighted by Gasteiger charge is 2.16. The molecule has 2 aromatic carbocycles. The number of anilines is 1. The minimum Gasteiger partial charge on any atom is -0.490 e. The summed E-state index contributed by atoms with van der Waals surface area (Å²) in [4.78, 5) is 12.5. The molecule has 0 aliphatic carbocycles. The highest BCUT2D eigenvalue weighted by Crippen LogP contribution is 2.32. The zero-order valence-corrected chi connectivity index (χ0v) is 18.5. The number of benzene rings is 2. The zero-order chi connectivity index (χ0) is 22.4. The Kier molecular flexibility index (Phi) is 7.75. The normalized spacial score (nSPS) is 10.8. The lowest BCUT2D eigenvalue weighted by Gasteiger charge is -2.13. The molecule has 31 heavy (non-hydrogen) atoms. The summed E-state index contributed by atoms with van der Waals surface area (Å²) in [6.07, 6.45) is 0. The molecular weight excluding hydrogens is 500 g/mol. The number of alkyl halides is 2. The van der Waals surface area contributed by atoms with Gasteiger partial charge in [0.05, 0.1) is 11.6 Å². The van der Waals surface area contributed by atoms with E-state index in [4.69, 9.17) is 25.5 Å². The van der Waals surface area contributed by atoms with Gasteiger partial charge >= 0.3 is 6.61 Å². The van der Waals surface area contributed by atoms with Crippen molar-refractivity contribution in [3.8, 4) is 17.2 Å². The first-order valence-corrected chi connectivity index (χ1v) is 10.2. The van der Waals surface area contributed by atoms with Gasteiger partial charge in [0, 0.05) is 16.2 Å². The number of amides is 1. The number of furan rings is 1. The standard InChI is InChI=1S/C21H17BrClF2NO5/c1-2-28-19-10-13(4-7-17(19)31-21(24)25)26-20(27)18-8-5-14(30-18)11-29-16-6-3-12(22)9-15(16)23/h3-10,21H,2,11H2,1H3,(H,26,27). The summed E-state index contributed by atoms with van der Waals surface area (Å²) in [7, 11) is 0. The Balaban J connectivity index is 1.64. The largest absolute Gasteiger partial charge is 0.490 e. The second kappa shape index (κ2) is 10.5. The maximum absolute atomic E-state index is 12.5. The van der Waals surface area contributed by atoms with Gasteiger partial charge in [0.25, 0.3) is 5.91 Å².